The predicted molar refractivity (Wildman–Crippen MR) is 158 cm³/mol. The molecule has 1 aromatic heterocycles. The largest absolute Gasteiger partial charge is 0.381 e. The van der Waals surface area contributed by atoms with Gasteiger partial charge < -0.3 is 25.2 Å². The van der Waals surface area contributed by atoms with E-state index in [1.165, 1.54) is 0 Å². The van der Waals surface area contributed by atoms with E-state index in [-0.39, 0.29) is 23.9 Å². The summed E-state index contributed by atoms with van der Waals surface area (Å²) in [7, 11) is 1.80. The van der Waals surface area contributed by atoms with E-state index in [4.69, 9.17) is 15.3 Å². The van der Waals surface area contributed by atoms with Crippen LogP contribution in [0.25, 0.3) is 10.4 Å². The summed E-state index contributed by atoms with van der Waals surface area (Å²) in [4.78, 5) is 41.7. The van der Waals surface area contributed by atoms with Gasteiger partial charge in [0.1, 0.15) is 11.9 Å². The number of nitrogens with one attached hydrogen (secondary N) is 2. The molecule has 2 fully saturated rings. The molecule has 0 bridgehead atoms. The molecule has 1 aromatic carbocycles. The highest BCUT2D eigenvalue weighted by atomic mass is 16.5. The molecule has 0 spiro atoms. The maximum Gasteiger partial charge on any atom is 0.251 e. The fraction of sp³-hybridized carbons (Fsp3) is 0.536. The number of hydrogen-bond acceptors (Lipinski definition) is 9. The lowest BCUT2D eigenvalue weighted by molar-refractivity contribution is -0.119. The number of benzene rings is 1. The highest BCUT2D eigenvalue weighted by Gasteiger charge is 2.39. The van der Waals surface area contributed by atoms with Crippen LogP contribution in [0.1, 0.15) is 30.1 Å². The fourth-order valence-electron chi connectivity index (χ4n) is 5.67. The van der Waals surface area contributed by atoms with Crippen LogP contribution < -0.4 is 20.4 Å². The molecule has 2 saturated heterocycles. The quantitative estimate of drug-likeness (QED) is 0.270. The summed E-state index contributed by atoms with van der Waals surface area (Å²) in [6, 6.07) is 11.0. The van der Waals surface area contributed by atoms with Gasteiger partial charge in [-0.1, -0.05) is 5.11 Å². The Bertz CT molecular complexity index is 1270. The van der Waals surface area contributed by atoms with E-state index in [1.807, 2.05) is 31.2 Å². The molecule has 4 heterocycles. The average Bonchev–Trinajstić information content (AvgIpc) is 3.00. The van der Waals surface area contributed by atoms with Gasteiger partial charge in [0, 0.05) is 81.7 Å². The lowest BCUT2D eigenvalue weighted by Crippen LogP contribution is -2.56. The van der Waals surface area contributed by atoms with Crippen LogP contribution in [0.4, 0.5) is 23.0 Å². The third-order valence-electron chi connectivity index (χ3n) is 8.07. The number of ether oxygens (including phenoxy) is 1. The second kappa shape index (κ2) is 13.2. The lowest BCUT2D eigenvalue weighted by Gasteiger charge is -2.44. The lowest BCUT2D eigenvalue weighted by atomic mass is 10.0. The molecular weight excluding hydrogens is 524 g/mol. The Hall–Kier alpha value is -3.90. The number of anilines is 4. The Kier molecular flexibility index (Phi) is 9.20. The third kappa shape index (κ3) is 6.71. The molecule has 3 aliphatic rings. The molecular formula is C28H38N10O3. The number of amides is 2. The van der Waals surface area contributed by atoms with E-state index < -0.39 is 0 Å². The van der Waals surface area contributed by atoms with Crippen molar-refractivity contribution in [3.8, 4) is 0 Å². The summed E-state index contributed by atoms with van der Waals surface area (Å²) in [5, 5.41) is 9.97. The van der Waals surface area contributed by atoms with Crippen LogP contribution in [0.15, 0.2) is 41.5 Å². The van der Waals surface area contributed by atoms with Crippen molar-refractivity contribution in [3.63, 3.8) is 0 Å². The van der Waals surface area contributed by atoms with E-state index >= 15 is 0 Å². The molecule has 13 heteroatoms. The molecule has 218 valence electrons. The molecule has 0 aliphatic carbocycles. The normalized spacial score (nSPS) is 20.3. The van der Waals surface area contributed by atoms with Crippen molar-refractivity contribution in [2.45, 2.75) is 31.8 Å². The maximum absolute atomic E-state index is 13.0. The SMILES string of the molecule is C[C@@H]1C(=O)N(C)c2ccc(Nc3ccc(C(=O)NCCN4CCN(CN=[N+]=[N-])CC4)cc3)nc2N1C1CCOCC1. The summed E-state index contributed by atoms with van der Waals surface area (Å²) >= 11 is 0. The van der Waals surface area contributed by atoms with Gasteiger partial charge in [-0.05, 0) is 61.7 Å². The summed E-state index contributed by atoms with van der Waals surface area (Å²) < 4.78 is 5.56. The minimum atomic E-state index is -0.301. The van der Waals surface area contributed by atoms with Gasteiger partial charge in [-0.2, -0.15) is 0 Å². The van der Waals surface area contributed by atoms with Crippen molar-refractivity contribution in [2.75, 3.05) is 81.3 Å². The van der Waals surface area contributed by atoms with Crippen LogP contribution in [0.5, 0.6) is 0 Å². The molecule has 5 rings (SSSR count). The number of hydrogen-bond donors (Lipinski definition) is 2. The highest BCUT2D eigenvalue weighted by Crippen LogP contribution is 2.38. The van der Waals surface area contributed by atoms with Crippen LogP contribution in [0.2, 0.25) is 0 Å². The van der Waals surface area contributed by atoms with E-state index in [9.17, 15) is 9.59 Å². The molecule has 0 saturated carbocycles. The van der Waals surface area contributed by atoms with Gasteiger partial charge in [-0.15, -0.1) is 0 Å². The second-order valence-electron chi connectivity index (χ2n) is 10.7. The molecule has 2 aromatic rings. The zero-order chi connectivity index (χ0) is 28.8. The van der Waals surface area contributed by atoms with E-state index in [0.717, 1.165) is 62.8 Å². The monoisotopic (exact) mass is 562 g/mol. The van der Waals surface area contributed by atoms with Crippen LogP contribution in [-0.4, -0.2) is 105 Å². The van der Waals surface area contributed by atoms with Crippen molar-refractivity contribution >= 4 is 34.8 Å². The Morgan fingerprint density at radius 1 is 1.10 bits per heavy atom. The Morgan fingerprint density at radius 3 is 2.51 bits per heavy atom. The summed E-state index contributed by atoms with van der Waals surface area (Å²) in [6.07, 6.45) is 1.72. The van der Waals surface area contributed by atoms with Crippen molar-refractivity contribution in [3.05, 3.63) is 52.4 Å². The first-order valence-electron chi connectivity index (χ1n) is 14.2. The van der Waals surface area contributed by atoms with Gasteiger partial charge >= 0.3 is 0 Å². The molecule has 3 aliphatic heterocycles. The van der Waals surface area contributed by atoms with E-state index in [0.29, 0.717) is 37.8 Å². The van der Waals surface area contributed by atoms with Gasteiger partial charge in [-0.25, -0.2) is 4.98 Å². The van der Waals surface area contributed by atoms with Crippen molar-refractivity contribution in [1.29, 1.82) is 0 Å². The standard InChI is InChI=1S/C28H38N10O3/c1-20-28(40)35(2)24-7-8-25(33-26(24)38(20)23-9-17-41-18-10-23)32-22-5-3-21(4-6-22)27(39)30-11-12-36-13-15-37(16-14-36)19-31-34-29/h3-8,20,23H,9-19H2,1-2H3,(H,30,39)(H,32,33)/t20-/m1/s1. The summed E-state index contributed by atoms with van der Waals surface area (Å²) in [5.41, 5.74) is 10.7. The van der Waals surface area contributed by atoms with Crippen molar-refractivity contribution < 1.29 is 14.3 Å². The first-order valence-corrected chi connectivity index (χ1v) is 14.2. The van der Waals surface area contributed by atoms with Gasteiger partial charge in [-0.3, -0.25) is 19.4 Å². The number of azide groups is 1. The van der Waals surface area contributed by atoms with Crippen LogP contribution >= 0.6 is 0 Å². The van der Waals surface area contributed by atoms with Gasteiger partial charge in [0.2, 0.25) is 5.91 Å². The molecule has 1 atom stereocenters. The van der Waals surface area contributed by atoms with E-state index in [1.54, 1.807) is 24.1 Å². The number of fused-ring (bicyclic) bond motifs is 1. The van der Waals surface area contributed by atoms with Gasteiger partial charge in [0.25, 0.3) is 5.91 Å². The first-order chi connectivity index (χ1) is 19.9. The second-order valence-corrected chi connectivity index (χ2v) is 10.7. The molecule has 2 amide bonds. The van der Waals surface area contributed by atoms with Crippen LogP contribution in [0.3, 0.4) is 0 Å². The van der Waals surface area contributed by atoms with Crippen LogP contribution in [0, 0.1) is 0 Å². The number of pyridine rings is 1. The molecule has 13 nitrogen and oxygen atoms in total. The third-order valence-corrected chi connectivity index (χ3v) is 8.07. The molecule has 0 radical (unpaired) electrons. The molecule has 0 unspecified atom stereocenters. The highest BCUT2D eigenvalue weighted by molar-refractivity contribution is 6.04. The molecule has 2 N–H and O–H groups in total. The maximum atomic E-state index is 13.0. The number of aromatic nitrogens is 1. The molecule has 41 heavy (non-hydrogen) atoms. The number of piperazine rings is 1. The zero-order valence-electron chi connectivity index (χ0n) is 23.7. The number of nitrogens with zero attached hydrogens (tertiary/aromatic N) is 8. The number of carbonyl (C=O) groups excluding carboxylic acids is 2. The average molecular weight is 563 g/mol. The van der Waals surface area contributed by atoms with Gasteiger partial charge in [0.15, 0.2) is 5.82 Å². The number of likely N-dealkylation sites (N-methyl/N-ethyl adjacent to an activating group) is 1. The predicted octanol–water partition coefficient (Wildman–Crippen LogP) is 2.79. The topological polar surface area (TPSA) is 142 Å². The number of rotatable bonds is 9. The minimum absolute atomic E-state index is 0.0603. The fourth-order valence-corrected chi connectivity index (χ4v) is 5.67. The number of carbonyl (C=O) groups is 2. The van der Waals surface area contributed by atoms with Gasteiger partial charge in [0.05, 0.1) is 12.4 Å². The first kappa shape index (κ1) is 28.6. The Balaban J connectivity index is 1.17. The van der Waals surface area contributed by atoms with Crippen LogP contribution in [-0.2, 0) is 9.53 Å². The summed E-state index contributed by atoms with van der Waals surface area (Å²) in [5.74, 6) is 1.42. The Labute approximate surface area is 240 Å². The Morgan fingerprint density at radius 2 is 1.80 bits per heavy atom. The van der Waals surface area contributed by atoms with Crippen molar-refractivity contribution in [2.24, 2.45) is 5.11 Å². The minimum Gasteiger partial charge on any atom is -0.381 e. The van der Waals surface area contributed by atoms with E-state index in [2.05, 4.69) is 35.4 Å². The smallest absolute Gasteiger partial charge is 0.251 e. The van der Waals surface area contributed by atoms with Crippen molar-refractivity contribution in [1.82, 2.24) is 20.1 Å². The zero-order valence-corrected chi connectivity index (χ0v) is 23.7. The summed E-state index contributed by atoms with van der Waals surface area (Å²) in [6.45, 7) is 8.51.